The number of rotatable bonds is 8. The van der Waals surface area contributed by atoms with E-state index in [0.717, 1.165) is 37.2 Å². The molecule has 0 saturated carbocycles. The molecule has 1 atom stereocenters. The van der Waals surface area contributed by atoms with Gasteiger partial charge < -0.3 is 14.2 Å². The van der Waals surface area contributed by atoms with Crippen molar-refractivity contribution in [3.05, 3.63) is 36.4 Å². The van der Waals surface area contributed by atoms with Crippen molar-refractivity contribution in [3.63, 3.8) is 0 Å². The fourth-order valence-corrected chi connectivity index (χ4v) is 2.05. The van der Waals surface area contributed by atoms with E-state index in [4.69, 9.17) is 19.0 Å². The first-order valence-electron chi connectivity index (χ1n) is 7.24. The molecule has 1 aliphatic heterocycles. The highest BCUT2D eigenvalue weighted by Crippen LogP contribution is 2.16. The lowest BCUT2D eigenvalue weighted by atomic mass is 10.2. The van der Waals surface area contributed by atoms with Gasteiger partial charge in [0.15, 0.2) is 6.29 Å². The first kappa shape index (κ1) is 15.8. The second-order valence-electron chi connectivity index (χ2n) is 4.82. The molecule has 1 fully saturated rings. The highest BCUT2D eigenvalue weighted by atomic mass is 16.7. The minimum atomic E-state index is -0.0767. The van der Waals surface area contributed by atoms with Gasteiger partial charge in [0.05, 0.1) is 26.0 Å². The van der Waals surface area contributed by atoms with Crippen molar-refractivity contribution in [1.29, 1.82) is 0 Å². The molecule has 1 aliphatic rings. The van der Waals surface area contributed by atoms with Crippen molar-refractivity contribution in [2.24, 2.45) is 0 Å². The first-order chi connectivity index (χ1) is 10.3. The third-order valence-electron chi connectivity index (χ3n) is 3.26. The zero-order chi connectivity index (χ0) is 14.9. The van der Waals surface area contributed by atoms with Crippen LogP contribution >= 0.6 is 0 Å². The van der Waals surface area contributed by atoms with E-state index < -0.39 is 0 Å². The zero-order valence-corrected chi connectivity index (χ0v) is 12.5. The average molecular weight is 293 g/mol. The fourth-order valence-electron chi connectivity index (χ4n) is 2.05. The molecule has 0 aromatic heterocycles. The smallest absolute Gasteiger partial charge is 0.157 e. The Labute approximate surface area is 125 Å². The number of hydrogen-bond donors (Lipinski definition) is 1. The van der Waals surface area contributed by atoms with E-state index in [0.29, 0.717) is 18.9 Å². The van der Waals surface area contributed by atoms with Crippen LogP contribution in [-0.4, -0.2) is 33.2 Å². The van der Waals surface area contributed by atoms with E-state index in [2.05, 4.69) is 12.1 Å². The monoisotopic (exact) mass is 293 g/mol. The van der Waals surface area contributed by atoms with Crippen LogP contribution in [0.2, 0.25) is 0 Å². The molecule has 1 N–H and O–H groups in total. The van der Waals surface area contributed by atoms with E-state index in [1.807, 2.05) is 24.3 Å². The number of benzene rings is 1. The predicted molar refractivity (Wildman–Crippen MR) is 80.7 cm³/mol. The molecule has 1 aromatic rings. The zero-order valence-electron chi connectivity index (χ0n) is 12.5. The molecular formula is C16H23NO4. The fraction of sp³-hybridized carbons (Fsp3) is 0.500. The summed E-state index contributed by atoms with van der Waals surface area (Å²) in [6.07, 6.45) is 3.18. The van der Waals surface area contributed by atoms with Crippen LogP contribution in [0.25, 0.3) is 5.70 Å². The SMILES string of the molecule is C=C(NOCCOC1CCCCO1)c1ccc(OC)cc1. The Bertz CT molecular complexity index is 426. The quantitative estimate of drug-likeness (QED) is 0.590. The topological polar surface area (TPSA) is 49.0 Å². The standard InChI is InChI=1S/C16H23NO4/c1-13(14-6-8-15(18-2)9-7-14)17-21-12-11-20-16-5-3-4-10-19-16/h6-9,16-17H,1,3-5,10-12H2,2H3. The second-order valence-corrected chi connectivity index (χ2v) is 4.82. The molecule has 5 heteroatoms. The van der Waals surface area contributed by atoms with Crippen molar-refractivity contribution >= 4 is 5.70 Å². The van der Waals surface area contributed by atoms with Gasteiger partial charge in [0.1, 0.15) is 5.75 Å². The van der Waals surface area contributed by atoms with Crippen LogP contribution in [0.15, 0.2) is 30.8 Å². The summed E-state index contributed by atoms with van der Waals surface area (Å²) >= 11 is 0. The summed E-state index contributed by atoms with van der Waals surface area (Å²) in [7, 11) is 1.64. The Morgan fingerprint density at radius 3 is 2.76 bits per heavy atom. The van der Waals surface area contributed by atoms with Crippen molar-refractivity contribution in [2.75, 3.05) is 26.9 Å². The molecular weight excluding hydrogens is 270 g/mol. The Hall–Kier alpha value is -1.56. The third kappa shape index (κ3) is 5.38. The maximum Gasteiger partial charge on any atom is 0.157 e. The number of ether oxygens (including phenoxy) is 3. The van der Waals surface area contributed by atoms with Gasteiger partial charge in [0.25, 0.3) is 0 Å². The molecule has 2 rings (SSSR count). The maximum atomic E-state index is 5.57. The lowest BCUT2D eigenvalue weighted by Gasteiger charge is -2.22. The lowest BCUT2D eigenvalue weighted by Crippen LogP contribution is -2.25. The largest absolute Gasteiger partial charge is 0.497 e. The third-order valence-corrected chi connectivity index (χ3v) is 3.26. The summed E-state index contributed by atoms with van der Waals surface area (Å²) in [6, 6.07) is 7.60. The minimum absolute atomic E-state index is 0.0767. The Morgan fingerprint density at radius 2 is 2.10 bits per heavy atom. The predicted octanol–water partition coefficient (Wildman–Crippen LogP) is 2.73. The van der Waals surface area contributed by atoms with Gasteiger partial charge in [-0.15, -0.1) is 0 Å². The maximum absolute atomic E-state index is 5.57. The van der Waals surface area contributed by atoms with E-state index in [-0.39, 0.29) is 6.29 Å². The van der Waals surface area contributed by atoms with Gasteiger partial charge in [-0.3, -0.25) is 10.3 Å². The van der Waals surface area contributed by atoms with Gasteiger partial charge in [0.2, 0.25) is 0 Å². The van der Waals surface area contributed by atoms with Crippen molar-refractivity contribution < 1.29 is 19.0 Å². The average Bonchev–Trinajstić information content (AvgIpc) is 2.55. The molecule has 1 aromatic carbocycles. The van der Waals surface area contributed by atoms with Crippen LogP contribution in [-0.2, 0) is 14.3 Å². The highest BCUT2D eigenvalue weighted by Gasteiger charge is 2.13. The van der Waals surface area contributed by atoms with E-state index >= 15 is 0 Å². The molecule has 0 aliphatic carbocycles. The second kappa shape index (κ2) is 8.67. The summed E-state index contributed by atoms with van der Waals surface area (Å²) in [5.74, 6) is 0.813. The van der Waals surface area contributed by atoms with Gasteiger partial charge >= 0.3 is 0 Å². The Morgan fingerprint density at radius 1 is 1.29 bits per heavy atom. The van der Waals surface area contributed by atoms with Gasteiger partial charge in [0, 0.05) is 6.61 Å². The molecule has 1 heterocycles. The lowest BCUT2D eigenvalue weighted by molar-refractivity contribution is -0.171. The molecule has 0 bridgehead atoms. The van der Waals surface area contributed by atoms with Gasteiger partial charge in [-0.2, -0.15) is 0 Å². The normalized spacial score (nSPS) is 18.2. The van der Waals surface area contributed by atoms with Gasteiger partial charge in [-0.25, -0.2) is 0 Å². The molecule has 116 valence electrons. The molecule has 0 amide bonds. The molecule has 0 radical (unpaired) electrons. The van der Waals surface area contributed by atoms with Crippen LogP contribution in [0.5, 0.6) is 5.75 Å². The van der Waals surface area contributed by atoms with Crippen molar-refractivity contribution in [2.45, 2.75) is 25.6 Å². The molecule has 21 heavy (non-hydrogen) atoms. The Kier molecular flexibility index (Phi) is 6.53. The summed E-state index contributed by atoms with van der Waals surface area (Å²) in [6.45, 7) is 5.65. The summed E-state index contributed by atoms with van der Waals surface area (Å²) < 4.78 is 16.1. The highest BCUT2D eigenvalue weighted by molar-refractivity contribution is 5.61. The summed E-state index contributed by atoms with van der Waals surface area (Å²) in [5.41, 5.74) is 4.47. The number of methoxy groups -OCH3 is 1. The van der Waals surface area contributed by atoms with Crippen LogP contribution in [0.3, 0.4) is 0 Å². The van der Waals surface area contributed by atoms with Crippen molar-refractivity contribution in [1.82, 2.24) is 5.48 Å². The summed E-state index contributed by atoms with van der Waals surface area (Å²) in [5, 5.41) is 0. The number of hydroxylamine groups is 1. The van der Waals surface area contributed by atoms with Crippen molar-refractivity contribution in [3.8, 4) is 5.75 Å². The van der Waals surface area contributed by atoms with Crippen LogP contribution in [0, 0.1) is 0 Å². The first-order valence-corrected chi connectivity index (χ1v) is 7.24. The van der Waals surface area contributed by atoms with Gasteiger partial charge in [-0.05, 0) is 49.1 Å². The molecule has 1 saturated heterocycles. The van der Waals surface area contributed by atoms with Crippen LogP contribution in [0.1, 0.15) is 24.8 Å². The Balaban J connectivity index is 1.60. The van der Waals surface area contributed by atoms with Gasteiger partial charge in [-0.1, -0.05) is 6.58 Å². The molecule has 5 nitrogen and oxygen atoms in total. The van der Waals surface area contributed by atoms with E-state index in [1.165, 1.54) is 0 Å². The van der Waals surface area contributed by atoms with E-state index in [1.54, 1.807) is 7.11 Å². The van der Waals surface area contributed by atoms with Crippen LogP contribution < -0.4 is 10.2 Å². The molecule has 1 unspecified atom stereocenters. The molecule has 0 spiro atoms. The number of nitrogens with one attached hydrogen (secondary N) is 1. The van der Waals surface area contributed by atoms with E-state index in [9.17, 15) is 0 Å². The summed E-state index contributed by atoms with van der Waals surface area (Å²) in [4.78, 5) is 5.34. The minimum Gasteiger partial charge on any atom is -0.497 e. The van der Waals surface area contributed by atoms with Crippen LogP contribution in [0.4, 0.5) is 0 Å². The number of hydrogen-bond acceptors (Lipinski definition) is 5.